The number of nitrogens with one attached hydrogen (secondary N) is 1. The van der Waals surface area contributed by atoms with Gasteiger partial charge in [-0.2, -0.15) is 0 Å². The summed E-state index contributed by atoms with van der Waals surface area (Å²) in [5, 5.41) is 11.7. The van der Waals surface area contributed by atoms with Crippen molar-refractivity contribution in [2.45, 2.75) is 13.5 Å². The number of carbonyl (C=O) groups excluding carboxylic acids is 2. The van der Waals surface area contributed by atoms with E-state index in [1.807, 2.05) is 6.92 Å². The second kappa shape index (κ2) is 4.55. The number of hydrogen-bond acceptors (Lipinski definition) is 3. The van der Waals surface area contributed by atoms with Gasteiger partial charge in [0.1, 0.15) is 6.54 Å². The van der Waals surface area contributed by atoms with E-state index in [4.69, 9.17) is 5.11 Å². The van der Waals surface area contributed by atoms with E-state index in [2.05, 4.69) is 5.32 Å². The molecule has 0 fully saturated rings. The van der Waals surface area contributed by atoms with E-state index in [0.717, 1.165) is 0 Å². The fraction of sp³-hybridized carbons (Fsp3) is 0.333. The van der Waals surface area contributed by atoms with Crippen LogP contribution in [-0.2, 0) is 11.4 Å². The average molecular weight is 234 g/mol. The quantitative estimate of drug-likeness (QED) is 0.787. The molecule has 2 N–H and O–H groups in total. The fourth-order valence-corrected chi connectivity index (χ4v) is 1.84. The molecule has 0 spiro atoms. The normalized spacial score (nSPS) is 15.3. The van der Waals surface area contributed by atoms with Crippen molar-refractivity contribution >= 4 is 17.5 Å². The summed E-state index contributed by atoms with van der Waals surface area (Å²) in [5.74, 6) is -0.376. The third-order valence-electron chi connectivity index (χ3n) is 2.77. The van der Waals surface area contributed by atoms with Crippen molar-refractivity contribution in [2.75, 3.05) is 18.4 Å². The van der Waals surface area contributed by atoms with Crippen LogP contribution in [0.25, 0.3) is 0 Å². The van der Waals surface area contributed by atoms with Crippen LogP contribution in [0.2, 0.25) is 0 Å². The molecule has 0 aliphatic carbocycles. The first-order chi connectivity index (χ1) is 8.15. The predicted octanol–water partition coefficient (Wildman–Crippen LogP) is 0.593. The molecule has 0 unspecified atom stereocenters. The second-order valence-electron chi connectivity index (χ2n) is 3.91. The summed E-state index contributed by atoms with van der Waals surface area (Å²) in [7, 11) is 0. The monoisotopic (exact) mass is 234 g/mol. The molecule has 0 saturated heterocycles. The number of aliphatic hydroxyl groups excluding tert-OH is 1. The van der Waals surface area contributed by atoms with Crippen LogP contribution in [0, 0.1) is 0 Å². The summed E-state index contributed by atoms with van der Waals surface area (Å²) in [6.07, 6.45) is 0. The Bertz CT molecular complexity index is 471. The first kappa shape index (κ1) is 11.6. The standard InChI is InChI=1S/C12H14N2O3/c1-2-14-6-11(16)13-10-5-8(7-15)3-4-9(10)12(14)17/h3-5,15H,2,6-7H2,1H3,(H,13,16). The van der Waals surface area contributed by atoms with Gasteiger partial charge in [-0.1, -0.05) is 6.07 Å². The maximum Gasteiger partial charge on any atom is 0.256 e. The SMILES string of the molecule is CCN1CC(=O)Nc2cc(CO)ccc2C1=O. The summed E-state index contributed by atoms with van der Waals surface area (Å²) < 4.78 is 0. The Hall–Kier alpha value is -1.88. The van der Waals surface area contributed by atoms with Crippen molar-refractivity contribution in [1.29, 1.82) is 0 Å². The van der Waals surface area contributed by atoms with Crippen LogP contribution in [0.5, 0.6) is 0 Å². The number of likely N-dealkylation sites (N-methyl/N-ethyl adjacent to an activating group) is 1. The van der Waals surface area contributed by atoms with Crippen LogP contribution in [-0.4, -0.2) is 34.9 Å². The van der Waals surface area contributed by atoms with Crippen LogP contribution in [0.3, 0.4) is 0 Å². The number of benzene rings is 1. The number of anilines is 1. The zero-order valence-electron chi connectivity index (χ0n) is 9.56. The maximum atomic E-state index is 12.1. The minimum absolute atomic E-state index is 0.0679. The number of nitrogens with zero attached hydrogens (tertiary/aromatic N) is 1. The second-order valence-corrected chi connectivity index (χ2v) is 3.91. The molecule has 0 aromatic heterocycles. The van der Waals surface area contributed by atoms with Crippen molar-refractivity contribution in [3.05, 3.63) is 29.3 Å². The lowest BCUT2D eigenvalue weighted by Gasteiger charge is -2.16. The molecule has 0 saturated carbocycles. The summed E-state index contributed by atoms with van der Waals surface area (Å²) in [6, 6.07) is 4.95. The number of aliphatic hydroxyl groups is 1. The highest BCUT2D eigenvalue weighted by Crippen LogP contribution is 2.22. The molecule has 1 aliphatic rings. The smallest absolute Gasteiger partial charge is 0.256 e. The molecule has 0 atom stereocenters. The van der Waals surface area contributed by atoms with E-state index in [9.17, 15) is 9.59 Å². The molecule has 1 aromatic rings. The van der Waals surface area contributed by atoms with Crippen molar-refractivity contribution in [1.82, 2.24) is 4.90 Å². The molecule has 1 aliphatic heterocycles. The lowest BCUT2D eigenvalue weighted by Crippen LogP contribution is -2.34. The fourth-order valence-electron chi connectivity index (χ4n) is 1.84. The molecule has 0 radical (unpaired) electrons. The summed E-state index contributed by atoms with van der Waals surface area (Å²) >= 11 is 0. The van der Waals surface area contributed by atoms with Gasteiger partial charge in [-0.25, -0.2) is 0 Å². The van der Waals surface area contributed by atoms with Crippen molar-refractivity contribution in [2.24, 2.45) is 0 Å². The molecular formula is C12H14N2O3. The molecule has 1 heterocycles. The van der Waals surface area contributed by atoms with Crippen LogP contribution in [0.15, 0.2) is 18.2 Å². The Morgan fingerprint density at radius 3 is 2.82 bits per heavy atom. The average Bonchev–Trinajstić information content (AvgIpc) is 2.45. The van der Waals surface area contributed by atoms with Crippen LogP contribution >= 0.6 is 0 Å². The van der Waals surface area contributed by atoms with Crippen LogP contribution in [0.4, 0.5) is 5.69 Å². The highest BCUT2D eigenvalue weighted by atomic mass is 16.3. The Kier molecular flexibility index (Phi) is 3.10. The topological polar surface area (TPSA) is 69.6 Å². The predicted molar refractivity (Wildman–Crippen MR) is 62.6 cm³/mol. The van der Waals surface area contributed by atoms with E-state index in [1.54, 1.807) is 18.2 Å². The number of rotatable bonds is 2. The first-order valence-corrected chi connectivity index (χ1v) is 5.48. The van der Waals surface area contributed by atoms with E-state index in [0.29, 0.717) is 23.4 Å². The lowest BCUT2D eigenvalue weighted by atomic mass is 10.1. The third kappa shape index (κ3) is 2.14. The highest BCUT2D eigenvalue weighted by molar-refractivity contribution is 6.08. The molecule has 5 nitrogen and oxygen atoms in total. The first-order valence-electron chi connectivity index (χ1n) is 5.48. The number of amides is 2. The van der Waals surface area contributed by atoms with Gasteiger partial charge in [0, 0.05) is 6.54 Å². The molecular weight excluding hydrogens is 220 g/mol. The summed E-state index contributed by atoms with van der Waals surface area (Å²) in [4.78, 5) is 25.2. The van der Waals surface area contributed by atoms with Gasteiger partial charge in [0.2, 0.25) is 5.91 Å². The van der Waals surface area contributed by atoms with Crippen molar-refractivity contribution in [3.63, 3.8) is 0 Å². The largest absolute Gasteiger partial charge is 0.392 e. The van der Waals surface area contributed by atoms with Gasteiger partial charge in [-0.05, 0) is 24.6 Å². The van der Waals surface area contributed by atoms with E-state index in [-0.39, 0.29) is 25.0 Å². The molecule has 2 rings (SSSR count). The van der Waals surface area contributed by atoms with E-state index >= 15 is 0 Å². The molecule has 0 bridgehead atoms. The third-order valence-corrected chi connectivity index (χ3v) is 2.77. The van der Waals surface area contributed by atoms with Gasteiger partial charge in [-0.15, -0.1) is 0 Å². The Labute approximate surface area is 99.0 Å². The number of carbonyl (C=O) groups is 2. The zero-order valence-corrected chi connectivity index (χ0v) is 9.56. The minimum Gasteiger partial charge on any atom is -0.392 e. The summed E-state index contributed by atoms with van der Waals surface area (Å²) in [5.41, 5.74) is 1.61. The molecule has 1 aromatic carbocycles. The molecule has 17 heavy (non-hydrogen) atoms. The Morgan fingerprint density at radius 1 is 1.41 bits per heavy atom. The highest BCUT2D eigenvalue weighted by Gasteiger charge is 2.24. The van der Waals surface area contributed by atoms with E-state index < -0.39 is 0 Å². The van der Waals surface area contributed by atoms with Crippen molar-refractivity contribution < 1.29 is 14.7 Å². The Balaban J connectivity index is 2.47. The van der Waals surface area contributed by atoms with Crippen molar-refractivity contribution in [3.8, 4) is 0 Å². The van der Waals surface area contributed by atoms with Gasteiger partial charge >= 0.3 is 0 Å². The van der Waals surface area contributed by atoms with Gasteiger partial charge in [0.05, 0.1) is 17.9 Å². The number of fused-ring (bicyclic) bond motifs is 1. The van der Waals surface area contributed by atoms with Crippen LogP contribution in [0.1, 0.15) is 22.8 Å². The molecule has 5 heteroatoms. The minimum atomic E-state index is -0.214. The summed E-state index contributed by atoms with van der Waals surface area (Å²) in [6.45, 7) is 2.28. The maximum absolute atomic E-state index is 12.1. The van der Waals surface area contributed by atoms with E-state index in [1.165, 1.54) is 4.90 Å². The zero-order chi connectivity index (χ0) is 12.4. The Morgan fingerprint density at radius 2 is 2.18 bits per heavy atom. The van der Waals surface area contributed by atoms with Gasteiger partial charge in [0.15, 0.2) is 0 Å². The number of hydrogen-bond donors (Lipinski definition) is 2. The van der Waals surface area contributed by atoms with Gasteiger partial charge in [0.25, 0.3) is 5.91 Å². The molecule has 90 valence electrons. The van der Waals surface area contributed by atoms with Crippen LogP contribution < -0.4 is 5.32 Å². The molecule has 2 amide bonds. The van der Waals surface area contributed by atoms with Gasteiger partial charge < -0.3 is 15.3 Å². The lowest BCUT2D eigenvalue weighted by molar-refractivity contribution is -0.116. The van der Waals surface area contributed by atoms with Gasteiger partial charge in [-0.3, -0.25) is 9.59 Å².